The molecule has 1 aliphatic heterocycles. The van der Waals surface area contributed by atoms with Crippen LogP contribution in [0.25, 0.3) is 0 Å². The van der Waals surface area contributed by atoms with Gasteiger partial charge in [0, 0.05) is 17.7 Å². The summed E-state index contributed by atoms with van der Waals surface area (Å²) < 4.78 is 10.9. The molecule has 0 unspecified atom stereocenters. The lowest BCUT2D eigenvalue weighted by Crippen LogP contribution is -2.42. The summed E-state index contributed by atoms with van der Waals surface area (Å²) in [6.45, 7) is 6.16. The molecule has 3 rings (SSSR count). The van der Waals surface area contributed by atoms with Gasteiger partial charge in [-0.1, -0.05) is 23.7 Å². The molecule has 1 aliphatic rings. The van der Waals surface area contributed by atoms with Crippen molar-refractivity contribution in [2.45, 2.75) is 38.8 Å². The van der Waals surface area contributed by atoms with E-state index < -0.39 is 5.97 Å². The number of carbonyl (C=O) groups excluding carboxylic acids is 1. The first-order valence-electron chi connectivity index (χ1n) is 8.93. The second kappa shape index (κ2) is 7.97. The van der Waals surface area contributed by atoms with Gasteiger partial charge in [-0.25, -0.2) is 4.79 Å². The lowest BCUT2D eigenvalue weighted by molar-refractivity contribution is 0.0600. The molecule has 2 aromatic carbocycles. The van der Waals surface area contributed by atoms with Crippen LogP contribution in [0.1, 0.15) is 47.8 Å². The van der Waals surface area contributed by atoms with E-state index in [2.05, 4.69) is 36.6 Å². The molecule has 28 heavy (non-hydrogen) atoms. The number of carbonyl (C=O) groups is 1. The van der Waals surface area contributed by atoms with Gasteiger partial charge in [0.1, 0.15) is 11.4 Å². The molecule has 0 saturated carbocycles. The zero-order chi connectivity index (χ0) is 20.5. The minimum atomic E-state index is -0.497. The molecule has 2 aromatic rings. The van der Waals surface area contributed by atoms with Gasteiger partial charge in [0.25, 0.3) is 0 Å². The van der Waals surface area contributed by atoms with Gasteiger partial charge < -0.3 is 20.1 Å². The number of hydrogen-bond acceptors (Lipinski definition) is 4. The number of halogens is 1. The van der Waals surface area contributed by atoms with Gasteiger partial charge in [-0.3, -0.25) is 0 Å². The van der Waals surface area contributed by atoms with Crippen molar-refractivity contribution >= 4 is 40.6 Å². The summed E-state index contributed by atoms with van der Waals surface area (Å²) in [6.07, 6.45) is 0.763. The lowest BCUT2D eigenvalue weighted by atomic mass is 9.89. The molecular weight excluding hydrogens is 396 g/mol. The molecule has 0 fully saturated rings. The minimum Gasteiger partial charge on any atom is -0.487 e. The van der Waals surface area contributed by atoms with Gasteiger partial charge in [0.2, 0.25) is 0 Å². The third-order valence-corrected chi connectivity index (χ3v) is 5.11. The van der Waals surface area contributed by atoms with Gasteiger partial charge in [-0.2, -0.15) is 0 Å². The molecule has 0 spiro atoms. The van der Waals surface area contributed by atoms with Crippen LogP contribution in [0.15, 0.2) is 36.4 Å². The fourth-order valence-electron chi connectivity index (χ4n) is 3.28. The van der Waals surface area contributed by atoms with E-state index in [0.717, 1.165) is 23.3 Å². The van der Waals surface area contributed by atoms with Crippen molar-refractivity contribution in [3.63, 3.8) is 0 Å². The average molecular weight is 419 g/mol. The van der Waals surface area contributed by atoms with Crippen LogP contribution in [0.2, 0.25) is 5.02 Å². The summed E-state index contributed by atoms with van der Waals surface area (Å²) in [5, 5.41) is 7.26. The summed E-state index contributed by atoms with van der Waals surface area (Å²) in [4.78, 5) is 11.8. The van der Waals surface area contributed by atoms with Crippen LogP contribution in [0, 0.1) is 6.92 Å². The second-order valence-corrected chi connectivity index (χ2v) is 8.26. The Hall–Kier alpha value is -2.31. The molecule has 1 atom stereocenters. The fourth-order valence-corrected chi connectivity index (χ4v) is 3.74. The number of rotatable bonds is 3. The first kappa shape index (κ1) is 20.4. The summed E-state index contributed by atoms with van der Waals surface area (Å²) in [5.41, 5.74) is 2.84. The Kier molecular flexibility index (Phi) is 5.82. The van der Waals surface area contributed by atoms with Crippen molar-refractivity contribution in [2.75, 3.05) is 12.4 Å². The minimum absolute atomic E-state index is 0.00623. The second-order valence-electron chi connectivity index (χ2n) is 7.44. The topological polar surface area (TPSA) is 59.6 Å². The molecular formula is C21H23ClN2O3S. The van der Waals surface area contributed by atoms with E-state index in [0.29, 0.717) is 15.8 Å². The number of anilines is 1. The van der Waals surface area contributed by atoms with Gasteiger partial charge in [0.05, 0.1) is 23.7 Å². The maximum atomic E-state index is 11.8. The van der Waals surface area contributed by atoms with Crippen molar-refractivity contribution in [3.05, 3.63) is 58.1 Å². The molecule has 0 bridgehead atoms. The highest BCUT2D eigenvalue weighted by Crippen LogP contribution is 2.39. The third-order valence-electron chi connectivity index (χ3n) is 4.56. The van der Waals surface area contributed by atoms with Gasteiger partial charge in [-0.15, -0.1) is 0 Å². The Morgan fingerprint density at radius 1 is 1.29 bits per heavy atom. The number of benzene rings is 2. The predicted molar refractivity (Wildman–Crippen MR) is 115 cm³/mol. The van der Waals surface area contributed by atoms with Crippen molar-refractivity contribution in [3.8, 4) is 5.75 Å². The first-order chi connectivity index (χ1) is 13.2. The van der Waals surface area contributed by atoms with Gasteiger partial charge in [-0.05, 0) is 62.8 Å². The molecule has 148 valence electrons. The van der Waals surface area contributed by atoms with E-state index in [9.17, 15) is 4.79 Å². The number of nitrogens with one attached hydrogen (secondary N) is 2. The third kappa shape index (κ3) is 4.56. The number of ether oxygens (including phenoxy) is 2. The molecule has 0 saturated heterocycles. The number of methoxy groups -OCH3 is 1. The number of aryl methyl sites for hydroxylation is 1. The Morgan fingerprint density at radius 2 is 2.04 bits per heavy atom. The molecule has 5 nitrogen and oxygen atoms in total. The standard InChI is InChI=1S/C21H23ClN2O3S/c1-12-5-7-14-17(11-21(2,3)27-18(14)9-12)24-20(28)23-13-6-8-16(22)15(10-13)19(25)26-4/h5-10,17H,11H2,1-4H3,(H2,23,24,28)/t17-/m1/s1. The van der Waals surface area contributed by atoms with E-state index in [1.807, 2.05) is 13.0 Å². The summed E-state index contributed by atoms with van der Waals surface area (Å²) in [6, 6.07) is 11.2. The SMILES string of the molecule is COC(=O)c1cc(NC(=S)N[C@@H]2CC(C)(C)Oc3cc(C)ccc32)ccc1Cl. The Balaban J connectivity index is 1.78. The van der Waals surface area contributed by atoms with E-state index in [1.165, 1.54) is 7.11 Å². The average Bonchev–Trinajstić information content (AvgIpc) is 2.61. The van der Waals surface area contributed by atoms with Crippen LogP contribution in [-0.4, -0.2) is 23.8 Å². The quantitative estimate of drug-likeness (QED) is 0.539. The van der Waals surface area contributed by atoms with E-state index >= 15 is 0 Å². The summed E-state index contributed by atoms with van der Waals surface area (Å²) in [5.74, 6) is 0.374. The fraction of sp³-hybridized carbons (Fsp3) is 0.333. The summed E-state index contributed by atoms with van der Waals surface area (Å²) in [7, 11) is 1.32. The summed E-state index contributed by atoms with van der Waals surface area (Å²) >= 11 is 11.6. The Bertz CT molecular complexity index is 930. The van der Waals surface area contributed by atoms with E-state index in [1.54, 1.807) is 18.2 Å². The number of esters is 1. The van der Waals surface area contributed by atoms with Crippen LogP contribution < -0.4 is 15.4 Å². The lowest BCUT2D eigenvalue weighted by Gasteiger charge is -2.38. The van der Waals surface area contributed by atoms with Crippen LogP contribution in [-0.2, 0) is 4.74 Å². The van der Waals surface area contributed by atoms with Crippen molar-refractivity contribution in [1.82, 2.24) is 5.32 Å². The highest BCUT2D eigenvalue weighted by Gasteiger charge is 2.34. The van der Waals surface area contributed by atoms with Crippen LogP contribution in [0.3, 0.4) is 0 Å². The maximum Gasteiger partial charge on any atom is 0.339 e. The van der Waals surface area contributed by atoms with Crippen molar-refractivity contribution in [2.24, 2.45) is 0 Å². The van der Waals surface area contributed by atoms with Crippen LogP contribution >= 0.6 is 23.8 Å². The molecule has 0 radical (unpaired) electrons. The molecule has 7 heteroatoms. The molecule has 0 aliphatic carbocycles. The van der Waals surface area contributed by atoms with Gasteiger partial charge >= 0.3 is 5.97 Å². The number of fused-ring (bicyclic) bond motifs is 1. The zero-order valence-corrected chi connectivity index (χ0v) is 17.8. The Labute approximate surface area is 175 Å². The monoisotopic (exact) mass is 418 g/mol. The van der Waals surface area contributed by atoms with Crippen LogP contribution in [0.4, 0.5) is 5.69 Å². The predicted octanol–water partition coefficient (Wildman–Crippen LogP) is 5.02. The van der Waals surface area contributed by atoms with E-state index in [-0.39, 0.29) is 17.2 Å². The van der Waals surface area contributed by atoms with Gasteiger partial charge in [0.15, 0.2) is 5.11 Å². The largest absolute Gasteiger partial charge is 0.487 e. The van der Waals surface area contributed by atoms with Crippen molar-refractivity contribution in [1.29, 1.82) is 0 Å². The smallest absolute Gasteiger partial charge is 0.339 e. The maximum absolute atomic E-state index is 11.8. The number of thiocarbonyl (C=S) groups is 1. The Morgan fingerprint density at radius 3 is 2.75 bits per heavy atom. The molecule has 0 aromatic heterocycles. The molecule has 1 heterocycles. The first-order valence-corrected chi connectivity index (χ1v) is 9.72. The highest BCUT2D eigenvalue weighted by molar-refractivity contribution is 7.80. The molecule has 2 N–H and O–H groups in total. The van der Waals surface area contributed by atoms with Crippen molar-refractivity contribution < 1.29 is 14.3 Å². The molecule has 0 amide bonds. The number of hydrogen-bond donors (Lipinski definition) is 2. The van der Waals surface area contributed by atoms with Crippen LogP contribution in [0.5, 0.6) is 5.75 Å². The highest BCUT2D eigenvalue weighted by atomic mass is 35.5. The zero-order valence-electron chi connectivity index (χ0n) is 16.3. The normalized spacial score (nSPS) is 17.1. The van der Waals surface area contributed by atoms with E-state index in [4.69, 9.17) is 33.3 Å².